The Morgan fingerprint density at radius 1 is 1.26 bits per heavy atom. The maximum atomic E-state index is 5.74. The lowest BCUT2D eigenvalue weighted by Gasteiger charge is -2.21. The highest BCUT2D eigenvalue weighted by Crippen LogP contribution is 2.33. The average molecular weight is 264 g/mol. The molecule has 3 N–H and O–H groups in total. The molecule has 0 saturated carbocycles. The molecule has 0 radical (unpaired) electrons. The third-order valence-corrected chi connectivity index (χ3v) is 3.56. The van der Waals surface area contributed by atoms with E-state index in [1.165, 1.54) is 5.56 Å². The van der Waals surface area contributed by atoms with Crippen molar-refractivity contribution in [2.45, 2.75) is 25.8 Å². The van der Waals surface area contributed by atoms with Gasteiger partial charge in [0.2, 0.25) is 0 Å². The van der Waals surface area contributed by atoms with Crippen LogP contribution < -0.4 is 20.5 Å². The SMILES string of the molecule is CNC(CC(C)CN)c1ccc2c(c1)OCCCO2. The molecular weight excluding hydrogens is 240 g/mol. The van der Waals surface area contributed by atoms with Crippen molar-refractivity contribution in [2.24, 2.45) is 11.7 Å². The van der Waals surface area contributed by atoms with Crippen LogP contribution in [0.5, 0.6) is 11.5 Å². The Kier molecular flexibility index (Phi) is 5.05. The van der Waals surface area contributed by atoms with Gasteiger partial charge in [0, 0.05) is 12.5 Å². The molecule has 1 heterocycles. The second-order valence-corrected chi connectivity index (χ2v) is 5.17. The second kappa shape index (κ2) is 6.78. The molecule has 1 aromatic carbocycles. The Hall–Kier alpha value is -1.26. The Labute approximate surface area is 115 Å². The van der Waals surface area contributed by atoms with Gasteiger partial charge < -0.3 is 20.5 Å². The molecule has 2 atom stereocenters. The van der Waals surface area contributed by atoms with Crippen LogP contribution in [0.1, 0.15) is 31.4 Å². The van der Waals surface area contributed by atoms with Gasteiger partial charge in [-0.05, 0) is 43.6 Å². The smallest absolute Gasteiger partial charge is 0.161 e. The quantitative estimate of drug-likeness (QED) is 0.855. The molecule has 106 valence electrons. The van der Waals surface area contributed by atoms with Crippen molar-refractivity contribution in [1.29, 1.82) is 0 Å². The molecule has 0 aromatic heterocycles. The molecule has 0 saturated heterocycles. The number of fused-ring (bicyclic) bond motifs is 1. The van der Waals surface area contributed by atoms with Crippen molar-refractivity contribution in [3.05, 3.63) is 23.8 Å². The first kappa shape index (κ1) is 14.2. The Balaban J connectivity index is 2.16. The lowest BCUT2D eigenvalue weighted by Crippen LogP contribution is -2.22. The minimum atomic E-state index is 0.302. The van der Waals surface area contributed by atoms with Crippen molar-refractivity contribution < 1.29 is 9.47 Å². The number of hydrogen-bond acceptors (Lipinski definition) is 4. The second-order valence-electron chi connectivity index (χ2n) is 5.17. The first-order valence-corrected chi connectivity index (χ1v) is 7.01. The zero-order valence-corrected chi connectivity index (χ0v) is 11.8. The van der Waals surface area contributed by atoms with Gasteiger partial charge in [0.25, 0.3) is 0 Å². The van der Waals surface area contributed by atoms with Gasteiger partial charge in [0.15, 0.2) is 11.5 Å². The highest BCUT2D eigenvalue weighted by atomic mass is 16.5. The zero-order chi connectivity index (χ0) is 13.7. The minimum absolute atomic E-state index is 0.302. The molecule has 1 aromatic rings. The molecular formula is C15H24N2O2. The van der Waals surface area contributed by atoms with Crippen LogP contribution in [-0.2, 0) is 0 Å². The first-order valence-electron chi connectivity index (χ1n) is 7.01. The summed E-state index contributed by atoms with van der Waals surface area (Å²) in [6.45, 7) is 4.34. The molecule has 4 heteroatoms. The summed E-state index contributed by atoms with van der Waals surface area (Å²) in [5.74, 6) is 2.20. The van der Waals surface area contributed by atoms with Gasteiger partial charge in [-0.2, -0.15) is 0 Å². The van der Waals surface area contributed by atoms with E-state index in [0.29, 0.717) is 18.5 Å². The van der Waals surface area contributed by atoms with E-state index < -0.39 is 0 Å². The summed E-state index contributed by atoms with van der Waals surface area (Å²) in [4.78, 5) is 0. The largest absolute Gasteiger partial charge is 0.490 e. The monoisotopic (exact) mass is 264 g/mol. The maximum Gasteiger partial charge on any atom is 0.161 e. The molecule has 0 fully saturated rings. The van der Waals surface area contributed by atoms with E-state index in [1.807, 2.05) is 13.1 Å². The van der Waals surface area contributed by atoms with Crippen LogP contribution in [0, 0.1) is 5.92 Å². The predicted octanol–water partition coefficient (Wildman–Crippen LogP) is 2.09. The summed E-state index contributed by atoms with van der Waals surface area (Å²) in [6, 6.07) is 6.51. The van der Waals surface area contributed by atoms with E-state index in [4.69, 9.17) is 15.2 Å². The van der Waals surface area contributed by atoms with Crippen molar-refractivity contribution in [3.8, 4) is 11.5 Å². The van der Waals surface area contributed by atoms with Crippen molar-refractivity contribution in [1.82, 2.24) is 5.32 Å². The number of ether oxygens (including phenoxy) is 2. The third kappa shape index (κ3) is 3.61. The topological polar surface area (TPSA) is 56.5 Å². The lowest BCUT2D eigenvalue weighted by atomic mass is 9.96. The summed E-state index contributed by atoms with van der Waals surface area (Å²) in [6.07, 6.45) is 1.95. The molecule has 19 heavy (non-hydrogen) atoms. The number of nitrogens with one attached hydrogen (secondary N) is 1. The first-order chi connectivity index (χ1) is 9.24. The standard InChI is InChI=1S/C15H24N2O2/c1-11(10-16)8-13(17-2)12-4-5-14-15(9-12)19-7-3-6-18-14/h4-5,9,11,13,17H,3,6-8,10,16H2,1-2H3. The molecule has 2 unspecified atom stereocenters. The van der Waals surface area contributed by atoms with Crippen LogP contribution in [-0.4, -0.2) is 26.8 Å². The van der Waals surface area contributed by atoms with Crippen LogP contribution in [0.2, 0.25) is 0 Å². The summed E-state index contributed by atoms with van der Waals surface area (Å²) in [5, 5.41) is 3.35. The highest BCUT2D eigenvalue weighted by Gasteiger charge is 2.16. The fourth-order valence-corrected chi connectivity index (χ4v) is 2.32. The van der Waals surface area contributed by atoms with Gasteiger partial charge in [0.05, 0.1) is 13.2 Å². The fourth-order valence-electron chi connectivity index (χ4n) is 2.32. The van der Waals surface area contributed by atoms with E-state index in [0.717, 1.165) is 37.6 Å². The van der Waals surface area contributed by atoms with Crippen molar-refractivity contribution in [3.63, 3.8) is 0 Å². The average Bonchev–Trinajstić information content (AvgIpc) is 2.68. The molecule has 4 nitrogen and oxygen atoms in total. The van der Waals surface area contributed by atoms with Gasteiger partial charge >= 0.3 is 0 Å². The molecule has 1 aliphatic rings. The molecule has 0 amide bonds. The van der Waals surface area contributed by atoms with Crippen molar-refractivity contribution >= 4 is 0 Å². The van der Waals surface area contributed by atoms with Gasteiger partial charge in [0.1, 0.15) is 0 Å². The predicted molar refractivity (Wildman–Crippen MR) is 76.7 cm³/mol. The van der Waals surface area contributed by atoms with Gasteiger partial charge in [-0.25, -0.2) is 0 Å². The Morgan fingerprint density at radius 2 is 2.00 bits per heavy atom. The van der Waals surface area contributed by atoms with Gasteiger partial charge in [-0.15, -0.1) is 0 Å². The molecule has 0 aliphatic carbocycles. The maximum absolute atomic E-state index is 5.74. The zero-order valence-electron chi connectivity index (χ0n) is 11.8. The van der Waals surface area contributed by atoms with E-state index >= 15 is 0 Å². The minimum Gasteiger partial charge on any atom is -0.490 e. The van der Waals surface area contributed by atoms with Crippen LogP contribution in [0.15, 0.2) is 18.2 Å². The van der Waals surface area contributed by atoms with Crippen LogP contribution >= 0.6 is 0 Å². The third-order valence-electron chi connectivity index (χ3n) is 3.56. The van der Waals surface area contributed by atoms with Crippen LogP contribution in [0.3, 0.4) is 0 Å². The highest BCUT2D eigenvalue weighted by molar-refractivity contribution is 5.44. The molecule has 1 aliphatic heterocycles. The summed E-state index contributed by atoms with van der Waals surface area (Å²) >= 11 is 0. The van der Waals surface area contributed by atoms with E-state index in [-0.39, 0.29) is 0 Å². The fraction of sp³-hybridized carbons (Fsp3) is 0.600. The summed E-state index contributed by atoms with van der Waals surface area (Å²) in [7, 11) is 1.98. The number of benzene rings is 1. The number of nitrogens with two attached hydrogens (primary N) is 1. The molecule has 0 spiro atoms. The number of rotatable bonds is 5. The normalized spacial score (nSPS) is 17.6. The summed E-state index contributed by atoms with van der Waals surface area (Å²) < 4.78 is 11.4. The Morgan fingerprint density at radius 3 is 2.68 bits per heavy atom. The van der Waals surface area contributed by atoms with E-state index in [9.17, 15) is 0 Å². The lowest BCUT2D eigenvalue weighted by molar-refractivity contribution is 0.297. The van der Waals surface area contributed by atoms with Gasteiger partial charge in [-0.3, -0.25) is 0 Å². The Bertz CT molecular complexity index is 409. The molecule has 2 rings (SSSR count). The summed E-state index contributed by atoms with van der Waals surface area (Å²) in [5.41, 5.74) is 6.94. The van der Waals surface area contributed by atoms with Crippen molar-refractivity contribution in [2.75, 3.05) is 26.8 Å². The van der Waals surface area contributed by atoms with E-state index in [1.54, 1.807) is 0 Å². The van der Waals surface area contributed by atoms with E-state index in [2.05, 4.69) is 24.4 Å². The van der Waals surface area contributed by atoms with Crippen LogP contribution in [0.25, 0.3) is 0 Å². The molecule has 0 bridgehead atoms. The number of hydrogen-bond donors (Lipinski definition) is 2. The van der Waals surface area contributed by atoms with Gasteiger partial charge in [-0.1, -0.05) is 13.0 Å². The van der Waals surface area contributed by atoms with Crippen LogP contribution in [0.4, 0.5) is 0 Å².